The zero-order valence-corrected chi connectivity index (χ0v) is 12.7. The zero-order chi connectivity index (χ0) is 14.4. The number of hydrogen-bond donors (Lipinski definition) is 2. The van der Waals surface area contributed by atoms with Gasteiger partial charge in [0.15, 0.2) is 0 Å². The summed E-state index contributed by atoms with van der Waals surface area (Å²) < 4.78 is 0. The molecule has 0 aromatic rings. The largest absolute Gasteiger partial charge is 0.481 e. The summed E-state index contributed by atoms with van der Waals surface area (Å²) in [6.07, 6.45) is 5.59. The number of nitrogens with zero attached hydrogens (tertiary/aromatic N) is 1. The van der Waals surface area contributed by atoms with Crippen molar-refractivity contribution in [2.24, 2.45) is 5.92 Å². The molecular formula is C14H24N2O3S. The lowest BCUT2D eigenvalue weighted by Gasteiger charge is -2.23. The lowest BCUT2D eigenvalue weighted by molar-refractivity contribution is -0.137. The van der Waals surface area contributed by atoms with Gasteiger partial charge < -0.3 is 15.3 Å². The second-order valence-electron chi connectivity index (χ2n) is 5.71. The highest BCUT2D eigenvalue weighted by molar-refractivity contribution is 7.99. The molecule has 2 unspecified atom stereocenters. The Morgan fingerprint density at radius 1 is 1.30 bits per heavy atom. The summed E-state index contributed by atoms with van der Waals surface area (Å²) in [5.41, 5.74) is 0. The number of likely N-dealkylation sites (tertiary alicyclic amines) is 1. The van der Waals surface area contributed by atoms with E-state index in [1.807, 2.05) is 16.7 Å². The van der Waals surface area contributed by atoms with Gasteiger partial charge in [-0.3, -0.25) is 4.79 Å². The highest BCUT2D eigenvalue weighted by atomic mass is 32.2. The number of carbonyl (C=O) groups is 2. The molecule has 2 saturated heterocycles. The van der Waals surface area contributed by atoms with Crippen LogP contribution in [0.5, 0.6) is 0 Å². The normalized spacial score (nSPS) is 26.5. The molecule has 0 saturated carbocycles. The Morgan fingerprint density at radius 3 is 2.85 bits per heavy atom. The van der Waals surface area contributed by atoms with E-state index in [9.17, 15) is 9.59 Å². The van der Waals surface area contributed by atoms with Gasteiger partial charge in [0.2, 0.25) is 0 Å². The van der Waals surface area contributed by atoms with E-state index in [4.69, 9.17) is 5.11 Å². The van der Waals surface area contributed by atoms with Crippen molar-refractivity contribution in [1.29, 1.82) is 0 Å². The molecule has 2 aliphatic heterocycles. The van der Waals surface area contributed by atoms with Gasteiger partial charge in [0.1, 0.15) is 0 Å². The van der Waals surface area contributed by atoms with Gasteiger partial charge >= 0.3 is 12.0 Å². The summed E-state index contributed by atoms with van der Waals surface area (Å²) in [5, 5.41) is 12.3. The van der Waals surface area contributed by atoms with Gasteiger partial charge in [0.25, 0.3) is 0 Å². The topological polar surface area (TPSA) is 69.6 Å². The van der Waals surface area contributed by atoms with E-state index in [-0.39, 0.29) is 12.5 Å². The molecule has 2 heterocycles. The molecule has 0 radical (unpaired) electrons. The van der Waals surface area contributed by atoms with Crippen LogP contribution in [0.25, 0.3) is 0 Å². The quantitative estimate of drug-likeness (QED) is 0.816. The molecule has 0 aliphatic carbocycles. The SMILES string of the molecule is O=C(O)CCC1CCN(C(=O)NCC2CCCCS2)C1. The number of carbonyl (C=O) groups excluding carboxylic acids is 1. The Labute approximate surface area is 124 Å². The zero-order valence-electron chi connectivity index (χ0n) is 11.8. The van der Waals surface area contributed by atoms with Crippen LogP contribution >= 0.6 is 11.8 Å². The summed E-state index contributed by atoms with van der Waals surface area (Å²) in [4.78, 5) is 24.4. The van der Waals surface area contributed by atoms with Crippen LogP contribution in [0, 0.1) is 5.92 Å². The second kappa shape index (κ2) is 7.76. The van der Waals surface area contributed by atoms with E-state index in [1.165, 1.54) is 25.0 Å². The van der Waals surface area contributed by atoms with Crippen molar-refractivity contribution in [2.75, 3.05) is 25.4 Å². The molecule has 6 heteroatoms. The van der Waals surface area contributed by atoms with Gasteiger partial charge in [0, 0.05) is 31.3 Å². The maximum atomic E-state index is 12.1. The monoisotopic (exact) mass is 300 g/mol. The average Bonchev–Trinajstić information content (AvgIpc) is 2.92. The smallest absolute Gasteiger partial charge is 0.317 e. The van der Waals surface area contributed by atoms with Crippen LogP contribution in [-0.2, 0) is 4.79 Å². The fourth-order valence-corrected chi connectivity index (χ4v) is 4.10. The molecule has 114 valence electrons. The van der Waals surface area contributed by atoms with Crippen LogP contribution in [0.3, 0.4) is 0 Å². The minimum absolute atomic E-state index is 0.0222. The maximum Gasteiger partial charge on any atom is 0.317 e. The fourth-order valence-electron chi connectivity index (χ4n) is 2.86. The van der Waals surface area contributed by atoms with E-state index in [1.54, 1.807) is 0 Å². The van der Waals surface area contributed by atoms with Crippen molar-refractivity contribution < 1.29 is 14.7 Å². The van der Waals surface area contributed by atoms with Crippen molar-refractivity contribution in [1.82, 2.24) is 10.2 Å². The minimum atomic E-state index is -0.748. The van der Waals surface area contributed by atoms with Crippen molar-refractivity contribution in [3.63, 3.8) is 0 Å². The molecule has 0 aromatic heterocycles. The molecule has 20 heavy (non-hydrogen) atoms. The molecule has 2 aliphatic rings. The lowest BCUT2D eigenvalue weighted by atomic mass is 10.0. The van der Waals surface area contributed by atoms with Crippen LogP contribution in [0.4, 0.5) is 4.79 Å². The number of urea groups is 1. The summed E-state index contributed by atoms with van der Waals surface area (Å²) >= 11 is 1.96. The first-order valence-electron chi connectivity index (χ1n) is 7.51. The molecule has 2 N–H and O–H groups in total. The number of nitrogens with one attached hydrogen (secondary N) is 1. The number of thioether (sulfide) groups is 1. The molecule has 2 fully saturated rings. The van der Waals surface area contributed by atoms with Gasteiger partial charge in [-0.05, 0) is 37.4 Å². The Morgan fingerprint density at radius 2 is 2.15 bits per heavy atom. The minimum Gasteiger partial charge on any atom is -0.481 e. The molecule has 0 aromatic carbocycles. The highest BCUT2D eigenvalue weighted by Gasteiger charge is 2.26. The van der Waals surface area contributed by atoms with Gasteiger partial charge in [-0.1, -0.05) is 6.42 Å². The standard InChI is InChI=1S/C14H24N2O3S/c17-13(18)5-4-11-6-7-16(10-11)14(19)15-9-12-3-1-2-8-20-12/h11-12H,1-10H2,(H,15,19)(H,17,18). The summed E-state index contributed by atoms with van der Waals surface area (Å²) in [5.74, 6) is 0.810. The number of rotatable bonds is 5. The number of hydrogen-bond acceptors (Lipinski definition) is 3. The fraction of sp³-hybridized carbons (Fsp3) is 0.857. The first kappa shape index (κ1) is 15.5. The van der Waals surface area contributed by atoms with Crippen LogP contribution in [0.2, 0.25) is 0 Å². The number of aliphatic carboxylic acids is 1. The van der Waals surface area contributed by atoms with E-state index >= 15 is 0 Å². The molecular weight excluding hydrogens is 276 g/mol. The average molecular weight is 300 g/mol. The molecule has 0 bridgehead atoms. The van der Waals surface area contributed by atoms with E-state index < -0.39 is 5.97 Å². The van der Waals surface area contributed by atoms with Crippen molar-refractivity contribution >= 4 is 23.8 Å². The van der Waals surface area contributed by atoms with Crippen LogP contribution in [0.15, 0.2) is 0 Å². The summed E-state index contributed by atoms with van der Waals surface area (Å²) in [7, 11) is 0. The number of carboxylic acids is 1. The number of amides is 2. The van der Waals surface area contributed by atoms with Crippen molar-refractivity contribution in [3.8, 4) is 0 Å². The van der Waals surface area contributed by atoms with Gasteiger partial charge in [0.05, 0.1) is 0 Å². The summed E-state index contributed by atoms with van der Waals surface area (Å²) in [6.45, 7) is 2.23. The van der Waals surface area contributed by atoms with Gasteiger partial charge in [-0.15, -0.1) is 0 Å². The van der Waals surface area contributed by atoms with Crippen molar-refractivity contribution in [3.05, 3.63) is 0 Å². The lowest BCUT2D eigenvalue weighted by Crippen LogP contribution is -2.41. The first-order valence-corrected chi connectivity index (χ1v) is 8.56. The Kier molecular flexibility index (Phi) is 6.01. The molecule has 5 nitrogen and oxygen atoms in total. The third-order valence-corrected chi connectivity index (χ3v) is 5.49. The second-order valence-corrected chi connectivity index (χ2v) is 7.12. The maximum absolute atomic E-state index is 12.1. The molecule has 2 rings (SSSR count). The van der Waals surface area contributed by atoms with Crippen LogP contribution in [0.1, 0.15) is 38.5 Å². The van der Waals surface area contributed by atoms with E-state index in [0.29, 0.717) is 24.1 Å². The third-order valence-electron chi connectivity index (χ3n) is 4.09. The number of carboxylic acid groups (broad SMARTS) is 1. The van der Waals surface area contributed by atoms with Crippen LogP contribution in [-0.4, -0.2) is 52.6 Å². The van der Waals surface area contributed by atoms with E-state index in [0.717, 1.165) is 19.5 Å². The first-order chi connectivity index (χ1) is 9.65. The van der Waals surface area contributed by atoms with Crippen molar-refractivity contribution in [2.45, 2.75) is 43.8 Å². The van der Waals surface area contributed by atoms with Gasteiger partial charge in [-0.2, -0.15) is 11.8 Å². The molecule has 2 atom stereocenters. The Hall–Kier alpha value is -0.910. The molecule has 0 spiro atoms. The predicted molar refractivity (Wildman–Crippen MR) is 80.0 cm³/mol. The van der Waals surface area contributed by atoms with Gasteiger partial charge in [-0.25, -0.2) is 4.79 Å². The Bertz CT molecular complexity index is 345. The van der Waals surface area contributed by atoms with Crippen LogP contribution < -0.4 is 5.32 Å². The predicted octanol–water partition coefficient (Wildman–Crippen LogP) is 2.17. The molecule has 2 amide bonds. The summed E-state index contributed by atoms with van der Waals surface area (Å²) in [6, 6.07) is 0.0222. The highest BCUT2D eigenvalue weighted by Crippen LogP contribution is 2.25. The third kappa shape index (κ3) is 4.89. The Balaban J connectivity index is 1.64. The van der Waals surface area contributed by atoms with E-state index in [2.05, 4.69) is 5.32 Å².